The molecule has 0 bridgehead atoms. The molecule has 0 fully saturated rings. The molecule has 0 radical (unpaired) electrons. The van der Waals surface area contributed by atoms with Crippen molar-refractivity contribution in [1.29, 1.82) is 5.26 Å². The number of carbonyl (C=O) groups excluding carboxylic acids is 3. The molecule has 0 unspecified atom stereocenters. The highest BCUT2D eigenvalue weighted by molar-refractivity contribution is 6.04. The van der Waals surface area contributed by atoms with Crippen molar-refractivity contribution in [3.05, 3.63) is 79.4 Å². The lowest BCUT2D eigenvalue weighted by molar-refractivity contribution is -0.150. The lowest BCUT2D eigenvalue weighted by Crippen LogP contribution is -1.98. The smallest absolute Gasteiger partial charge is 0.338 e. The number of hydrogen-bond acceptors (Lipinski definition) is 6. The Bertz CT molecular complexity index is 681. The number of cyclic esters (lactones) is 2. The van der Waals surface area contributed by atoms with Crippen molar-refractivity contribution in [3.63, 3.8) is 0 Å². The average molecular weight is 355 g/mol. The van der Waals surface area contributed by atoms with Gasteiger partial charge in [0.25, 0.3) is 0 Å². The number of carbonyl (C=O) groups is 3. The Hall–Kier alpha value is -3.72. The lowest BCUT2D eigenvalue weighted by atomic mass is 10.2. The third-order valence-corrected chi connectivity index (χ3v) is 2.22. The predicted octanol–water partition coefficient (Wildman–Crippen LogP) is 3.39. The SMILES string of the molecule is C=C(C)C(=O)OC.C=CC#N.C=Cc1ccccc1.O=C1C=CC(=O)O1. The van der Waals surface area contributed by atoms with Crippen molar-refractivity contribution in [2.45, 2.75) is 6.92 Å². The Labute approximate surface area is 153 Å². The second-order valence-corrected chi connectivity index (χ2v) is 4.29. The van der Waals surface area contributed by atoms with Crippen LogP contribution in [0.15, 0.2) is 73.9 Å². The molecule has 6 nitrogen and oxygen atoms in total. The topological polar surface area (TPSA) is 93.5 Å². The Morgan fingerprint density at radius 3 is 1.77 bits per heavy atom. The van der Waals surface area contributed by atoms with Crippen molar-refractivity contribution in [2.75, 3.05) is 7.11 Å². The van der Waals surface area contributed by atoms with Crippen LogP contribution in [0.4, 0.5) is 0 Å². The summed E-state index contributed by atoms with van der Waals surface area (Å²) in [7, 11) is 1.33. The van der Waals surface area contributed by atoms with Crippen molar-refractivity contribution in [2.24, 2.45) is 0 Å². The second kappa shape index (κ2) is 16.1. The molecule has 1 heterocycles. The van der Waals surface area contributed by atoms with E-state index in [-0.39, 0.29) is 5.97 Å². The summed E-state index contributed by atoms with van der Waals surface area (Å²) < 4.78 is 8.25. The monoisotopic (exact) mass is 355 g/mol. The fourth-order valence-corrected chi connectivity index (χ4v) is 1.07. The molecule has 6 heteroatoms. The van der Waals surface area contributed by atoms with Gasteiger partial charge in [0.05, 0.1) is 13.2 Å². The summed E-state index contributed by atoms with van der Waals surface area (Å²) in [5.74, 6) is -1.50. The molecule has 26 heavy (non-hydrogen) atoms. The summed E-state index contributed by atoms with van der Waals surface area (Å²) in [4.78, 5) is 30.0. The first-order valence-electron chi connectivity index (χ1n) is 7.18. The normalized spacial score (nSPS) is 10.0. The van der Waals surface area contributed by atoms with Gasteiger partial charge < -0.3 is 9.47 Å². The second-order valence-electron chi connectivity index (χ2n) is 4.29. The van der Waals surface area contributed by atoms with Crippen LogP contribution in [-0.2, 0) is 23.9 Å². The highest BCUT2D eigenvalue weighted by Crippen LogP contribution is 1.97. The summed E-state index contributed by atoms with van der Waals surface area (Å²) in [6.45, 7) is 11.7. The molecule has 1 aromatic rings. The first-order chi connectivity index (χ1) is 12.3. The molecule has 0 aromatic heterocycles. The molecular formula is C20H21NO5. The standard InChI is InChI=1S/C8H8.C5H8O2.C4H2O3.C3H3N/c1-2-8-6-4-3-5-7-8;1-4(2)5(6)7-3;5-3-1-2-4(6)7-3;1-2-3-4/h2-7H,1H2;1H2,2-3H3;1-2H;2H,1H2. The molecule has 136 valence electrons. The number of esters is 3. The first-order valence-corrected chi connectivity index (χ1v) is 7.18. The van der Waals surface area contributed by atoms with Crippen LogP contribution in [0.5, 0.6) is 0 Å². The van der Waals surface area contributed by atoms with Crippen LogP contribution in [0.2, 0.25) is 0 Å². The Morgan fingerprint density at radius 1 is 1.15 bits per heavy atom. The Kier molecular flexibility index (Phi) is 15.2. The summed E-state index contributed by atoms with van der Waals surface area (Å²) in [5.41, 5.74) is 1.61. The third-order valence-electron chi connectivity index (χ3n) is 2.22. The van der Waals surface area contributed by atoms with Crippen LogP contribution in [0.3, 0.4) is 0 Å². The minimum atomic E-state index is -0.579. The highest BCUT2D eigenvalue weighted by Gasteiger charge is 2.10. The number of methoxy groups -OCH3 is 1. The molecule has 1 aliphatic heterocycles. The maximum Gasteiger partial charge on any atom is 0.338 e. The van der Waals surface area contributed by atoms with E-state index in [1.165, 1.54) is 18.7 Å². The van der Waals surface area contributed by atoms with E-state index >= 15 is 0 Å². The zero-order chi connectivity index (χ0) is 20.4. The van der Waals surface area contributed by atoms with Crippen molar-refractivity contribution < 1.29 is 23.9 Å². The number of nitriles is 1. The van der Waals surface area contributed by atoms with Crippen LogP contribution in [0, 0.1) is 11.3 Å². The molecule has 1 aromatic carbocycles. The molecule has 0 amide bonds. The van der Waals surface area contributed by atoms with Crippen molar-refractivity contribution >= 4 is 24.0 Å². The number of allylic oxidation sites excluding steroid dienone is 1. The van der Waals surface area contributed by atoms with Gasteiger partial charge in [-0.25, -0.2) is 14.4 Å². The van der Waals surface area contributed by atoms with Crippen molar-refractivity contribution in [1.82, 2.24) is 0 Å². The highest BCUT2D eigenvalue weighted by atomic mass is 16.6. The van der Waals surface area contributed by atoms with E-state index in [1.807, 2.05) is 36.4 Å². The quantitative estimate of drug-likeness (QED) is 0.349. The molecule has 0 saturated heterocycles. The Balaban J connectivity index is 0. The van der Waals surface area contributed by atoms with Gasteiger partial charge in [0.1, 0.15) is 0 Å². The fourth-order valence-electron chi connectivity index (χ4n) is 1.07. The summed E-state index contributed by atoms with van der Waals surface area (Å²) in [6.07, 6.45) is 5.19. The zero-order valence-electron chi connectivity index (χ0n) is 14.8. The van der Waals surface area contributed by atoms with E-state index in [0.717, 1.165) is 12.2 Å². The van der Waals surface area contributed by atoms with Crippen LogP contribution in [0.1, 0.15) is 12.5 Å². The summed E-state index contributed by atoms with van der Waals surface area (Å²) in [5, 5.41) is 7.51. The summed E-state index contributed by atoms with van der Waals surface area (Å²) in [6, 6.07) is 11.7. The van der Waals surface area contributed by atoms with Gasteiger partial charge in [-0.1, -0.05) is 56.1 Å². The van der Waals surface area contributed by atoms with Gasteiger partial charge in [-0.05, 0) is 12.5 Å². The van der Waals surface area contributed by atoms with E-state index in [1.54, 1.807) is 13.0 Å². The average Bonchev–Trinajstić information content (AvgIpc) is 3.05. The molecule has 0 saturated carbocycles. The number of ether oxygens (including phenoxy) is 2. The molecule has 0 spiro atoms. The molecular weight excluding hydrogens is 334 g/mol. The fraction of sp³-hybridized carbons (Fsp3) is 0.100. The third kappa shape index (κ3) is 15.2. The number of hydrogen-bond donors (Lipinski definition) is 0. The maximum atomic E-state index is 10.2. The van der Waals surface area contributed by atoms with Crippen molar-refractivity contribution in [3.8, 4) is 6.07 Å². The van der Waals surface area contributed by atoms with E-state index in [2.05, 4.69) is 29.2 Å². The van der Waals surface area contributed by atoms with Gasteiger partial charge in [-0.3, -0.25) is 0 Å². The van der Waals surface area contributed by atoms with E-state index in [4.69, 9.17) is 5.26 Å². The van der Waals surface area contributed by atoms with E-state index in [0.29, 0.717) is 5.57 Å². The van der Waals surface area contributed by atoms with E-state index < -0.39 is 11.9 Å². The molecule has 0 atom stereocenters. The van der Waals surface area contributed by atoms with Gasteiger partial charge in [0, 0.05) is 23.8 Å². The minimum absolute atomic E-state index is 0.347. The van der Waals surface area contributed by atoms with Crippen LogP contribution >= 0.6 is 0 Å². The molecule has 2 rings (SSSR count). The largest absolute Gasteiger partial charge is 0.466 e. The van der Waals surface area contributed by atoms with Gasteiger partial charge >= 0.3 is 17.9 Å². The maximum absolute atomic E-state index is 10.2. The number of benzene rings is 1. The zero-order valence-corrected chi connectivity index (χ0v) is 14.8. The number of rotatable bonds is 2. The Morgan fingerprint density at radius 2 is 1.62 bits per heavy atom. The van der Waals surface area contributed by atoms with Crippen LogP contribution in [-0.4, -0.2) is 25.0 Å². The molecule has 0 aliphatic carbocycles. The van der Waals surface area contributed by atoms with Crippen LogP contribution in [0.25, 0.3) is 6.08 Å². The first kappa shape index (κ1) is 24.5. The molecule has 0 N–H and O–H groups in total. The molecule has 1 aliphatic rings. The minimum Gasteiger partial charge on any atom is -0.466 e. The predicted molar refractivity (Wildman–Crippen MR) is 99.4 cm³/mol. The van der Waals surface area contributed by atoms with E-state index in [9.17, 15) is 14.4 Å². The van der Waals surface area contributed by atoms with Gasteiger partial charge in [-0.15, -0.1) is 0 Å². The lowest BCUT2D eigenvalue weighted by Gasteiger charge is -1.91. The van der Waals surface area contributed by atoms with Gasteiger partial charge in [0.2, 0.25) is 0 Å². The number of nitrogens with zero attached hydrogens (tertiary/aromatic N) is 1. The van der Waals surface area contributed by atoms with Gasteiger partial charge in [0.15, 0.2) is 0 Å². The van der Waals surface area contributed by atoms with Gasteiger partial charge in [-0.2, -0.15) is 5.26 Å². The summed E-state index contributed by atoms with van der Waals surface area (Å²) >= 11 is 0. The van der Waals surface area contributed by atoms with Crippen LogP contribution < -0.4 is 0 Å².